The highest BCUT2D eigenvalue weighted by Gasteiger charge is 2.37. The molecule has 2 amide bonds. The third-order valence-corrected chi connectivity index (χ3v) is 6.00. The van der Waals surface area contributed by atoms with Crippen molar-refractivity contribution in [1.82, 2.24) is 14.0 Å². The summed E-state index contributed by atoms with van der Waals surface area (Å²) in [5.41, 5.74) is 1.13. The predicted molar refractivity (Wildman–Crippen MR) is 112 cm³/mol. The van der Waals surface area contributed by atoms with Gasteiger partial charge in [-0.05, 0) is 52.2 Å². The van der Waals surface area contributed by atoms with Crippen LogP contribution in [0, 0.1) is 5.82 Å². The van der Waals surface area contributed by atoms with Crippen molar-refractivity contribution in [3.63, 3.8) is 0 Å². The van der Waals surface area contributed by atoms with E-state index < -0.39 is 23.5 Å². The molecule has 1 aliphatic heterocycles. The molecule has 1 atom stereocenters. The topological polar surface area (TPSA) is 73.5 Å². The number of piperidine rings is 1. The van der Waals surface area contributed by atoms with Crippen LogP contribution in [0.25, 0.3) is 11.0 Å². The van der Waals surface area contributed by atoms with E-state index in [0.29, 0.717) is 21.3 Å². The van der Waals surface area contributed by atoms with Crippen molar-refractivity contribution in [1.29, 1.82) is 0 Å². The number of likely N-dealkylation sites (tertiary alicyclic amines) is 1. The number of ether oxygens (including phenoxy) is 1. The van der Waals surface area contributed by atoms with Gasteiger partial charge >= 0.3 is 5.69 Å². The minimum atomic E-state index is -0.883. The standard InChI is InChI=1S/C21H19BrFN3O4/c1-24-19-15(22)9-13(23)10-17(19)26(21(24)29)16-7-8-18(27)25(20(16)28)11-12-3-5-14(30-2)6-4-12/h3-6,9-10,16H,7-8,11H2,1-2H3. The second-order valence-electron chi connectivity index (χ2n) is 7.19. The van der Waals surface area contributed by atoms with Crippen LogP contribution < -0.4 is 10.4 Å². The maximum atomic E-state index is 14.1. The molecule has 3 aromatic rings. The number of imide groups is 1. The van der Waals surface area contributed by atoms with Gasteiger partial charge < -0.3 is 4.74 Å². The molecule has 156 valence electrons. The molecular formula is C21H19BrFN3O4. The van der Waals surface area contributed by atoms with Crippen LogP contribution in [-0.4, -0.2) is 33.0 Å². The number of carbonyl (C=O) groups excluding carboxylic acids is 2. The van der Waals surface area contributed by atoms with E-state index in [1.165, 1.54) is 21.3 Å². The number of fused-ring (bicyclic) bond motifs is 1. The molecule has 0 aliphatic carbocycles. The second-order valence-corrected chi connectivity index (χ2v) is 8.04. The van der Waals surface area contributed by atoms with Crippen LogP contribution in [0.1, 0.15) is 24.4 Å². The first kappa shape index (κ1) is 20.3. The number of amides is 2. The molecule has 1 fully saturated rings. The highest BCUT2D eigenvalue weighted by molar-refractivity contribution is 9.10. The summed E-state index contributed by atoms with van der Waals surface area (Å²) in [5, 5.41) is 0. The van der Waals surface area contributed by atoms with Gasteiger partial charge in [0.2, 0.25) is 5.91 Å². The number of imidazole rings is 1. The van der Waals surface area contributed by atoms with E-state index >= 15 is 0 Å². The lowest BCUT2D eigenvalue weighted by atomic mass is 10.0. The normalized spacial score (nSPS) is 17.1. The Balaban J connectivity index is 1.74. The number of methoxy groups -OCH3 is 1. The minimum Gasteiger partial charge on any atom is -0.497 e. The Hall–Kier alpha value is -2.94. The van der Waals surface area contributed by atoms with Crippen LogP contribution in [0.2, 0.25) is 0 Å². The number of benzene rings is 2. The first-order valence-corrected chi connectivity index (χ1v) is 10.1. The second kappa shape index (κ2) is 7.71. The average molecular weight is 476 g/mol. The number of hydrogen-bond acceptors (Lipinski definition) is 4. The molecule has 1 aliphatic rings. The molecular weight excluding hydrogens is 457 g/mol. The number of nitrogens with zero attached hydrogens (tertiary/aromatic N) is 3. The molecule has 0 bridgehead atoms. The van der Waals surface area contributed by atoms with Crippen LogP contribution in [0.5, 0.6) is 5.75 Å². The Morgan fingerprint density at radius 1 is 1.17 bits per heavy atom. The predicted octanol–water partition coefficient (Wildman–Crippen LogP) is 3.14. The van der Waals surface area contributed by atoms with Gasteiger partial charge in [0.25, 0.3) is 5.91 Å². The molecule has 2 heterocycles. The van der Waals surface area contributed by atoms with Crippen molar-refractivity contribution in [2.45, 2.75) is 25.4 Å². The third kappa shape index (κ3) is 3.32. The van der Waals surface area contributed by atoms with Gasteiger partial charge in [-0.1, -0.05) is 12.1 Å². The molecule has 7 nitrogen and oxygen atoms in total. The van der Waals surface area contributed by atoms with Crippen molar-refractivity contribution >= 4 is 38.8 Å². The van der Waals surface area contributed by atoms with Crippen LogP contribution >= 0.6 is 15.9 Å². The molecule has 1 unspecified atom stereocenters. The van der Waals surface area contributed by atoms with Gasteiger partial charge in [-0.2, -0.15) is 0 Å². The van der Waals surface area contributed by atoms with E-state index in [1.54, 1.807) is 38.4 Å². The van der Waals surface area contributed by atoms with Crippen molar-refractivity contribution < 1.29 is 18.7 Å². The minimum absolute atomic E-state index is 0.0930. The molecule has 0 saturated carbocycles. The fourth-order valence-corrected chi connectivity index (χ4v) is 4.56. The lowest BCUT2D eigenvalue weighted by Gasteiger charge is -2.31. The quantitative estimate of drug-likeness (QED) is 0.543. The molecule has 1 saturated heterocycles. The summed E-state index contributed by atoms with van der Waals surface area (Å²) in [4.78, 5) is 39.8. The monoisotopic (exact) mass is 475 g/mol. The molecule has 30 heavy (non-hydrogen) atoms. The Morgan fingerprint density at radius 3 is 2.53 bits per heavy atom. The van der Waals surface area contributed by atoms with E-state index in [-0.39, 0.29) is 25.3 Å². The van der Waals surface area contributed by atoms with Gasteiger partial charge in [-0.25, -0.2) is 9.18 Å². The van der Waals surface area contributed by atoms with Crippen molar-refractivity contribution in [3.8, 4) is 5.75 Å². The summed E-state index contributed by atoms with van der Waals surface area (Å²) >= 11 is 3.29. The number of hydrogen-bond donors (Lipinski definition) is 0. The molecule has 1 aromatic heterocycles. The van der Waals surface area contributed by atoms with Crippen LogP contribution in [0.4, 0.5) is 4.39 Å². The molecule has 2 aromatic carbocycles. The summed E-state index contributed by atoms with van der Waals surface area (Å²) in [5.74, 6) is -0.629. The maximum Gasteiger partial charge on any atom is 0.329 e. The zero-order valence-corrected chi connectivity index (χ0v) is 18.0. The summed E-state index contributed by atoms with van der Waals surface area (Å²) < 4.78 is 22.3. The molecule has 0 radical (unpaired) electrons. The molecule has 0 spiro atoms. The molecule has 0 N–H and O–H groups in total. The van der Waals surface area contributed by atoms with Gasteiger partial charge in [0.15, 0.2) is 0 Å². The molecule has 9 heteroatoms. The molecule has 4 rings (SSSR count). The highest BCUT2D eigenvalue weighted by atomic mass is 79.9. The SMILES string of the molecule is COc1ccc(CN2C(=O)CCC(n3c(=O)n(C)c4c(Br)cc(F)cc43)C2=O)cc1. The van der Waals surface area contributed by atoms with Gasteiger partial charge in [0, 0.05) is 17.9 Å². The summed E-state index contributed by atoms with van der Waals surface area (Å²) in [7, 11) is 3.12. The summed E-state index contributed by atoms with van der Waals surface area (Å²) in [6.07, 6.45) is 0.301. The lowest BCUT2D eigenvalue weighted by molar-refractivity contribution is -0.151. The average Bonchev–Trinajstić information content (AvgIpc) is 2.96. The van der Waals surface area contributed by atoms with E-state index in [1.807, 2.05) is 0 Å². The van der Waals surface area contributed by atoms with E-state index in [4.69, 9.17) is 4.74 Å². The van der Waals surface area contributed by atoms with Gasteiger partial charge in [-0.15, -0.1) is 0 Å². The number of aryl methyl sites for hydroxylation is 1. The van der Waals surface area contributed by atoms with E-state index in [0.717, 1.165) is 10.5 Å². The van der Waals surface area contributed by atoms with Crippen LogP contribution in [0.15, 0.2) is 45.7 Å². The zero-order valence-electron chi connectivity index (χ0n) is 16.4. The van der Waals surface area contributed by atoms with Crippen LogP contribution in [0.3, 0.4) is 0 Å². The number of aromatic nitrogens is 2. The summed E-state index contributed by atoms with van der Waals surface area (Å²) in [6, 6.07) is 8.68. The first-order chi connectivity index (χ1) is 14.3. The Morgan fingerprint density at radius 2 is 1.87 bits per heavy atom. The van der Waals surface area contributed by atoms with Crippen molar-refractivity contribution in [2.75, 3.05) is 7.11 Å². The summed E-state index contributed by atoms with van der Waals surface area (Å²) in [6.45, 7) is 0.0930. The Labute approximate surface area is 179 Å². The number of rotatable bonds is 4. The third-order valence-electron chi connectivity index (χ3n) is 5.39. The number of carbonyl (C=O) groups is 2. The van der Waals surface area contributed by atoms with E-state index in [2.05, 4.69) is 15.9 Å². The zero-order chi connectivity index (χ0) is 21.6. The fraction of sp³-hybridized carbons (Fsp3) is 0.286. The Kier molecular flexibility index (Phi) is 5.23. The van der Waals surface area contributed by atoms with Gasteiger partial charge in [-0.3, -0.25) is 23.6 Å². The first-order valence-electron chi connectivity index (χ1n) is 9.35. The fourth-order valence-electron chi connectivity index (χ4n) is 3.87. The number of halogens is 2. The van der Waals surface area contributed by atoms with E-state index in [9.17, 15) is 18.8 Å². The van der Waals surface area contributed by atoms with Crippen LogP contribution in [-0.2, 0) is 23.2 Å². The smallest absolute Gasteiger partial charge is 0.329 e. The van der Waals surface area contributed by atoms with Gasteiger partial charge in [0.1, 0.15) is 17.6 Å². The largest absolute Gasteiger partial charge is 0.497 e. The van der Waals surface area contributed by atoms with Gasteiger partial charge in [0.05, 0.1) is 24.7 Å². The van der Waals surface area contributed by atoms with Crippen molar-refractivity contribution in [3.05, 3.63) is 62.7 Å². The lowest BCUT2D eigenvalue weighted by Crippen LogP contribution is -2.47. The van der Waals surface area contributed by atoms with Crippen molar-refractivity contribution in [2.24, 2.45) is 7.05 Å². The maximum absolute atomic E-state index is 14.1. The Bertz CT molecular complexity index is 1220. The highest BCUT2D eigenvalue weighted by Crippen LogP contribution is 2.31.